The van der Waals surface area contributed by atoms with Crippen molar-refractivity contribution in [2.45, 2.75) is 39.0 Å². The van der Waals surface area contributed by atoms with Crippen molar-refractivity contribution < 1.29 is 19.0 Å². The number of carbonyl (C=O) groups is 1. The molecule has 146 valence electrons. The van der Waals surface area contributed by atoms with E-state index >= 15 is 0 Å². The second-order valence-electron chi connectivity index (χ2n) is 6.67. The molecule has 1 fully saturated rings. The van der Waals surface area contributed by atoms with E-state index in [0.717, 1.165) is 31.6 Å². The maximum absolute atomic E-state index is 11.9. The highest BCUT2D eigenvalue weighted by molar-refractivity contribution is 5.73. The summed E-state index contributed by atoms with van der Waals surface area (Å²) in [4.78, 5) is 14.3. The largest absolute Gasteiger partial charge is 0.493 e. The van der Waals surface area contributed by atoms with Gasteiger partial charge in [-0.15, -0.1) is 0 Å². The van der Waals surface area contributed by atoms with Gasteiger partial charge >= 0.3 is 6.03 Å². The van der Waals surface area contributed by atoms with Crippen molar-refractivity contribution in [1.29, 1.82) is 0 Å². The fraction of sp³-hybridized carbons (Fsp3) is 0.632. The molecule has 0 spiro atoms. The summed E-state index contributed by atoms with van der Waals surface area (Å²) >= 11 is 0. The van der Waals surface area contributed by atoms with Crippen LogP contribution in [-0.4, -0.2) is 63.5 Å². The van der Waals surface area contributed by atoms with Crippen molar-refractivity contribution in [3.63, 3.8) is 0 Å². The van der Waals surface area contributed by atoms with Crippen molar-refractivity contribution in [3.8, 4) is 11.5 Å². The van der Waals surface area contributed by atoms with Gasteiger partial charge in [-0.1, -0.05) is 6.07 Å². The molecule has 2 rings (SSSR count). The summed E-state index contributed by atoms with van der Waals surface area (Å²) in [6, 6.07) is 5.43. The van der Waals surface area contributed by atoms with E-state index in [-0.39, 0.29) is 18.2 Å². The van der Waals surface area contributed by atoms with Gasteiger partial charge in [-0.2, -0.15) is 0 Å². The quantitative estimate of drug-likeness (QED) is 0.690. The Bertz CT molecular complexity index is 572. The Morgan fingerprint density at radius 1 is 1.15 bits per heavy atom. The first-order chi connectivity index (χ1) is 12.5. The Balaban J connectivity index is 1.65. The van der Waals surface area contributed by atoms with Crippen molar-refractivity contribution in [2.75, 3.05) is 40.4 Å². The number of urea groups is 1. The molecular weight excluding hydrogens is 334 g/mol. The third-order valence-corrected chi connectivity index (χ3v) is 4.33. The van der Waals surface area contributed by atoms with E-state index in [1.165, 1.54) is 0 Å². The Morgan fingerprint density at radius 2 is 1.85 bits per heavy atom. The molecule has 1 aromatic rings. The maximum Gasteiger partial charge on any atom is 0.315 e. The second-order valence-corrected chi connectivity index (χ2v) is 6.67. The van der Waals surface area contributed by atoms with Crippen LogP contribution < -0.4 is 20.1 Å². The number of hydrogen-bond donors (Lipinski definition) is 2. The SMILES string of the molecule is COc1ccc(CNC(=O)NCCCN2CC(C)OC(C)C2)cc1OC. The minimum Gasteiger partial charge on any atom is -0.493 e. The van der Waals surface area contributed by atoms with Crippen LogP contribution >= 0.6 is 0 Å². The molecule has 7 heteroatoms. The van der Waals surface area contributed by atoms with Gasteiger partial charge in [0.2, 0.25) is 0 Å². The number of methoxy groups -OCH3 is 2. The highest BCUT2D eigenvalue weighted by Gasteiger charge is 2.21. The Morgan fingerprint density at radius 3 is 2.50 bits per heavy atom. The smallest absolute Gasteiger partial charge is 0.315 e. The van der Waals surface area contributed by atoms with Gasteiger partial charge in [-0.3, -0.25) is 4.90 Å². The topological polar surface area (TPSA) is 72.1 Å². The molecule has 1 aromatic carbocycles. The third-order valence-electron chi connectivity index (χ3n) is 4.33. The van der Waals surface area contributed by atoms with Crippen LogP contribution in [0.1, 0.15) is 25.8 Å². The number of nitrogens with zero attached hydrogens (tertiary/aromatic N) is 1. The van der Waals surface area contributed by atoms with Gasteiger partial charge in [0.15, 0.2) is 11.5 Å². The molecule has 2 unspecified atom stereocenters. The van der Waals surface area contributed by atoms with Gasteiger partial charge < -0.3 is 24.8 Å². The van der Waals surface area contributed by atoms with Crippen LogP contribution in [-0.2, 0) is 11.3 Å². The van der Waals surface area contributed by atoms with E-state index < -0.39 is 0 Å². The van der Waals surface area contributed by atoms with Crippen LogP contribution in [0.15, 0.2) is 18.2 Å². The maximum atomic E-state index is 11.9. The Labute approximate surface area is 156 Å². The van der Waals surface area contributed by atoms with E-state index in [2.05, 4.69) is 29.4 Å². The van der Waals surface area contributed by atoms with Crippen LogP contribution in [0.3, 0.4) is 0 Å². The lowest BCUT2D eigenvalue weighted by Crippen LogP contribution is -2.46. The fourth-order valence-electron chi connectivity index (χ4n) is 3.21. The zero-order valence-corrected chi connectivity index (χ0v) is 16.2. The average Bonchev–Trinajstić information content (AvgIpc) is 2.62. The van der Waals surface area contributed by atoms with Gasteiger partial charge in [0.1, 0.15) is 0 Å². The highest BCUT2D eigenvalue weighted by atomic mass is 16.5. The van der Waals surface area contributed by atoms with Gasteiger partial charge in [0.25, 0.3) is 0 Å². The van der Waals surface area contributed by atoms with E-state index in [1.807, 2.05) is 18.2 Å². The van der Waals surface area contributed by atoms with Crippen molar-refractivity contribution in [2.24, 2.45) is 0 Å². The number of ether oxygens (including phenoxy) is 3. The molecule has 0 saturated carbocycles. The lowest BCUT2D eigenvalue weighted by molar-refractivity contribution is -0.0679. The minimum absolute atomic E-state index is 0.163. The summed E-state index contributed by atoms with van der Waals surface area (Å²) in [5, 5.41) is 5.76. The number of amides is 2. The molecule has 7 nitrogen and oxygen atoms in total. The average molecular weight is 365 g/mol. The number of nitrogens with one attached hydrogen (secondary N) is 2. The lowest BCUT2D eigenvalue weighted by atomic mass is 10.2. The Kier molecular flexibility index (Phi) is 8.00. The minimum atomic E-state index is -0.163. The van der Waals surface area contributed by atoms with Gasteiger partial charge in [-0.05, 0) is 38.0 Å². The zero-order valence-electron chi connectivity index (χ0n) is 16.2. The first kappa shape index (κ1) is 20.3. The Hall–Kier alpha value is -1.99. The summed E-state index contributed by atoms with van der Waals surface area (Å²) in [6.45, 7) is 8.16. The number of morpholine rings is 1. The number of benzene rings is 1. The molecule has 0 aromatic heterocycles. The molecule has 0 aliphatic carbocycles. The zero-order chi connectivity index (χ0) is 18.9. The van der Waals surface area contributed by atoms with Crippen LogP contribution in [0.4, 0.5) is 4.79 Å². The predicted octanol–water partition coefficient (Wildman–Crippen LogP) is 2.00. The molecule has 1 saturated heterocycles. The number of hydrogen-bond acceptors (Lipinski definition) is 5. The molecule has 26 heavy (non-hydrogen) atoms. The molecule has 0 bridgehead atoms. The summed E-state index contributed by atoms with van der Waals surface area (Å²) in [6.07, 6.45) is 1.47. The normalized spacial score (nSPS) is 20.5. The van der Waals surface area contributed by atoms with Crippen LogP contribution in [0.25, 0.3) is 0 Å². The van der Waals surface area contributed by atoms with Gasteiger partial charge in [-0.25, -0.2) is 4.79 Å². The standard InChI is InChI=1S/C19H31N3O4/c1-14-12-22(13-15(2)26-14)9-5-8-20-19(23)21-11-16-6-7-17(24-3)18(10-16)25-4/h6-7,10,14-15H,5,8-9,11-13H2,1-4H3,(H2,20,21,23). The van der Waals surface area contributed by atoms with Crippen LogP contribution in [0, 0.1) is 0 Å². The predicted molar refractivity (Wildman–Crippen MR) is 101 cm³/mol. The van der Waals surface area contributed by atoms with E-state index in [0.29, 0.717) is 24.6 Å². The first-order valence-corrected chi connectivity index (χ1v) is 9.12. The molecule has 2 amide bonds. The number of rotatable bonds is 8. The molecule has 2 atom stereocenters. The van der Waals surface area contributed by atoms with Crippen molar-refractivity contribution >= 4 is 6.03 Å². The van der Waals surface area contributed by atoms with E-state index in [4.69, 9.17) is 14.2 Å². The van der Waals surface area contributed by atoms with Gasteiger partial charge in [0.05, 0.1) is 26.4 Å². The summed E-state index contributed by atoms with van der Waals surface area (Å²) in [5.74, 6) is 1.33. The lowest BCUT2D eigenvalue weighted by Gasteiger charge is -2.35. The highest BCUT2D eigenvalue weighted by Crippen LogP contribution is 2.27. The monoisotopic (exact) mass is 365 g/mol. The number of carbonyl (C=O) groups excluding carboxylic acids is 1. The third kappa shape index (κ3) is 6.38. The molecule has 1 heterocycles. The fourth-order valence-corrected chi connectivity index (χ4v) is 3.21. The molecule has 1 aliphatic rings. The first-order valence-electron chi connectivity index (χ1n) is 9.12. The molecule has 0 radical (unpaired) electrons. The summed E-state index contributed by atoms with van der Waals surface area (Å²) in [7, 11) is 3.19. The van der Waals surface area contributed by atoms with Gasteiger partial charge in [0, 0.05) is 32.7 Å². The van der Waals surface area contributed by atoms with Crippen LogP contribution in [0.5, 0.6) is 11.5 Å². The van der Waals surface area contributed by atoms with E-state index in [1.54, 1.807) is 14.2 Å². The molecular formula is C19H31N3O4. The molecule has 2 N–H and O–H groups in total. The molecule has 1 aliphatic heterocycles. The van der Waals surface area contributed by atoms with Crippen LogP contribution in [0.2, 0.25) is 0 Å². The van der Waals surface area contributed by atoms with E-state index in [9.17, 15) is 4.79 Å². The summed E-state index contributed by atoms with van der Waals surface area (Å²) < 4.78 is 16.2. The second kappa shape index (κ2) is 10.2. The van der Waals surface area contributed by atoms with Crippen molar-refractivity contribution in [3.05, 3.63) is 23.8 Å². The van der Waals surface area contributed by atoms with Crippen molar-refractivity contribution in [1.82, 2.24) is 15.5 Å². The summed E-state index contributed by atoms with van der Waals surface area (Å²) in [5.41, 5.74) is 0.953.